The highest BCUT2D eigenvalue weighted by atomic mass is 32.2. The van der Waals surface area contributed by atoms with Gasteiger partial charge < -0.3 is 29.5 Å². The molecular formula is C27H33N9O12S7. The van der Waals surface area contributed by atoms with Crippen LogP contribution in [-0.4, -0.2) is 139 Å². The molecule has 300 valence electrons. The molecule has 0 aromatic carbocycles. The summed E-state index contributed by atoms with van der Waals surface area (Å²) in [6, 6.07) is 0. The highest BCUT2D eigenvalue weighted by molar-refractivity contribution is 8.03. The molecule has 0 aliphatic rings. The molecule has 0 bridgehead atoms. The van der Waals surface area contributed by atoms with Gasteiger partial charge in [-0.05, 0) is 20.1 Å². The Labute approximate surface area is 339 Å². The molecule has 0 spiro atoms. The summed E-state index contributed by atoms with van der Waals surface area (Å²) in [6.45, 7) is -1.27. The van der Waals surface area contributed by atoms with Gasteiger partial charge in [0.25, 0.3) is 0 Å². The lowest BCUT2D eigenvalue weighted by atomic mass is 10.4. The summed E-state index contributed by atoms with van der Waals surface area (Å²) in [6.07, 6.45) is -1.67. The maximum absolute atomic E-state index is 13.4. The zero-order chi connectivity index (χ0) is 40.1. The van der Waals surface area contributed by atoms with Crippen LogP contribution < -0.4 is 17.1 Å². The van der Waals surface area contributed by atoms with Crippen LogP contribution in [0.25, 0.3) is 0 Å². The van der Waals surface area contributed by atoms with Crippen LogP contribution in [0, 0.1) is 13.8 Å². The number of hydrogen-bond acceptors (Lipinski definition) is 25. The SMILES string of the molecule is CSc1nnc(SCC(O)COC(=O)Cn2c(=O)n(CC(=O)OCC(O)CSc3nnc(C)s3)c(=O)n(CC(=O)OCC(O)CSc3nnc(C)s3)c2=O)s1. The van der Waals surface area contributed by atoms with E-state index in [1.807, 2.05) is 6.26 Å². The topological polar surface area (TPSA) is 283 Å². The second kappa shape index (κ2) is 21.9. The first-order chi connectivity index (χ1) is 26.2. The Morgan fingerprint density at radius 2 is 0.873 bits per heavy atom. The third kappa shape index (κ3) is 14.3. The highest BCUT2D eigenvalue weighted by Gasteiger charge is 2.24. The van der Waals surface area contributed by atoms with E-state index in [9.17, 15) is 44.1 Å². The minimum absolute atomic E-state index is 0.0719. The summed E-state index contributed by atoms with van der Waals surface area (Å²) in [4.78, 5) is 78.3. The van der Waals surface area contributed by atoms with Crippen molar-refractivity contribution < 1.29 is 43.9 Å². The quantitative estimate of drug-likeness (QED) is 0.0492. The molecule has 4 aromatic heterocycles. The Morgan fingerprint density at radius 3 is 1.16 bits per heavy atom. The van der Waals surface area contributed by atoms with Crippen molar-refractivity contribution in [1.82, 2.24) is 44.3 Å². The Morgan fingerprint density at radius 1 is 0.564 bits per heavy atom. The predicted molar refractivity (Wildman–Crippen MR) is 203 cm³/mol. The Balaban J connectivity index is 1.42. The second-order valence-electron chi connectivity index (χ2n) is 10.8. The zero-order valence-corrected chi connectivity index (χ0v) is 34.7. The summed E-state index contributed by atoms with van der Waals surface area (Å²) in [5.41, 5.74) is -4.23. The van der Waals surface area contributed by atoms with Gasteiger partial charge >= 0.3 is 35.0 Å². The Hall–Kier alpha value is -3.22. The molecule has 3 unspecified atom stereocenters. The minimum Gasteiger partial charge on any atom is -0.462 e. The summed E-state index contributed by atoms with van der Waals surface area (Å²) in [7, 11) is 0. The van der Waals surface area contributed by atoms with Crippen molar-refractivity contribution in [3.63, 3.8) is 0 Å². The number of aryl methyl sites for hydroxylation is 2. The fourth-order valence-electron chi connectivity index (χ4n) is 3.84. The van der Waals surface area contributed by atoms with Gasteiger partial charge in [0.05, 0.1) is 18.3 Å². The van der Waals surface area contributed by atoms with Gasteiger partial charge in [0.1, 0.15) is 49.5 Å². The van der Waals surface area contributed by atoms with Crippen LogP contribution in [-0.2, 0) is 48.2 Å². The van der Waals surface area contributed by atoms with E-state index in [4.69, 9.17) is 14.2 Å². The number of aliphatic hydroxyl groups is 3. The molecule has 0 saturated heterocycles. The van der Waals surface area contributed by atoms with Crippen LogP contribution in [0.1, 0.15) is 10.0 Å². The molecule has 0 amide bonds. The van der Waals surface area contributed by atoms with E-state index < -0.39 is 92.7 Å². The first-order valence-electron chi connectivity index (χ1n) is 15.5. The zero-order valence-electron chi connectivity index (χ0n) is 29.0. The molecule has 0 aliphatic heterocycles. The van der Waals surface area contributed by atoms with Crippen molar-refractivity contribution in [3.05, 3.63) is 41.5 Å². The lowest BCUT2D eigenvalue weighted by Gasteiger charge is -2.15. The fourth-order valence-corrected chi connectivity index (χ4v) is 9.70. The van der Waals surface area contributed by atoms with E-state index in [0.29, 0.717) is 13.0 Å². The van der Waals surface area contributed by atoms with Crippen LogP contribution in [0.5, 0.6) is 0 Å². The number of hydrogen-bond donors (Lipinski definition) is 3. The number of ether oxygens (including phenoxy) is 3. The van der Waals surface area contributed by atoms with E-state index in [1.165, 1.54) is 81.1 Å². The van der Waals surface area contributed by atoms with Crippen molar-refractivity contribution in [3.8, 4) is 0 Å². The minimum atomic E-state index is -1.41. The van der Waals surface area contributed by atoms with Crippen molar-refractivity contribution in [2.45, 2.75) is 69.2 Å². The molecule has 0 aliphatic carbocycles. The van der Waals surface area contributed by atoms with Crippen molar-refractivity contribution in [2.24, 2.45) is 0 Å². The van der Waals surface area contributed by atoms with Crippen molar-refractivity contribution >= 4 is 99.0 Å². The molecule has 3 N–H and O–H groups in total. The maximum atomic E-state index is 13.4. The second-order valence-corrected chi connectivity index (χ2v) is 19.0. The molecule has 0 fully saturated rings. The van der Waals surface area contributed by atoms with Gasteiger partial charge in [0.15, 0.2) is 17.4 Å². The van der Waals surface area contributed by atoms with Crippen LogP contribution in [0.3, 0.4) is 0 Å². The predicted octanol–water partition coefficient (Wildman–Crippen LogP) is -0.846. The first kappa shape index (κ1) is 44.5. The monoisotopic (exact) mass is 899 g/mol. The van der Waals surface area contributed by atoms with Crippen LogP contribution in [0.2, 0.25) is 0 Å². The number of carbonyl (C=O) groups excluding carboxylic acids is 3. The van der Waals surface area contributed by atoms with Gasteiger partial charge in [-0.15, -0.1) is 30.6 Å². The maximum Gasteiger partial charge on any atom is 0.337 e. The number of thioether (sulfide) groups is 4. The van der Waals surface area contributed by atoms with Gasteiger partial charge in [-0.2, -0.15) is 0 Å². The van der Waals surface area contributed by atoms with E-state index in [0.717, 1.165) is 14.4 Å². The standard InChI is InChI=1S/C27H33N9O12S7/c1-13-28-31-22(53-13)50-10-15(37)7-46-18(40)4-34-25(43)35(5-19(41)47-8-16(38)11-51-23-32-29-14(2)54-23)27(45)36(26(34)44)6-20(42)48-9-17(39)12-52-24-33-30-21(49-3)55-24/h15-17,37-39H,4-12H2,1-3H3. The average Bonchev–Trinajstić information content (AvgIpc) is 3.92. The highest BCUT2D eigenvalue weighted by Crippen LogP contribution is 2.28. The van der Waals surface area contributed by atoms with Crippen LogP contribution in [0.15, 0.2) is 31.7 Å². The average molecular weight is 900 g/mol. The Kier molecular flexibility index (Phi) is 17.7. The molecule has 3 atom stereocenters. The Bertz CT molecular complexity index is 1990. The number of carbonyl (C=O) groups is 3. The third-order valence-electron chi connectivity index (χ3n) is 6.33. The third-order valence-corrected chi connectivity index (χ3v) is 13.7. The molecule has 28 heteroatoms. The van der Waals surface area contributed by atoms with E-state index in [-0.39, 0.29) is 31.0 Å². The molecular weight excluding hydrogens is 867 g/mol. The molecule has 21 nitrogen and oxygen atoms in total. The van der Waals surface area contributed by atoms with Gasteiger partial charge in [-0.3, -0.25) is 14.4 Å². The molecule has 0 saturated carbocycles. The molecule has 4 heterocycles. The van der Waals surface area contributed by atoms with Gasteiger partial charge in [-0.1, -0.05) is 81.1 Å². The van der Waals surface area contributed by atoms with Crippen molar-refractivity contribution in [1.29, 1.82) is 0 Å². The van der Waals surface area contributed by atoms with Gasteiger partial charge in [0.2, 0.25) is 0 Å². The molecule has 4 aromatic rings. The summed E-state index contributed by atoms with van der Waals surface area (Å²) >= 11 is 8.83. The van der Waals surface area contributed by atoms with E-state index >= 15 is 0 Å². The smallest absolute Gasteiger partial charge is 0.337 e. The largest absolute Gasteiger partial charge is 0.462 e. The first-order valence-corrected chi connectivity index (χ1v) is 22.2. The van der Waals surface area contributed by atoms with Gasteiger partial charge in [0, 0.05) is 17.3 Å². The van der Waals surface area contributed by atoms with E-state index in [2.05, 4.69) is 30.6 Å². The number of aromatic nitrogens is 9. The fraction of sp³-hybridized carbons (Fsp3) is 0.556. The summed E-state index contributed by atoms with van der Waals surface area (Å²) < 4.78 is 18.4. The van der Waals surface area contributed by atoms with Crippen LogP contribution in [0.4, 0.5) is 0 Å². The van der Waals surface area contributed by atoms with Crippen LogP contribution >= 0.6 is 81.1 Å². The number of esters is 3. The summed E-state index contributed by atoms with van der Waals surface area (Å²) in [5, 5.41) is 55.7. The number of rotatable bonds is 22. The number of aliphatic hydroxyl groups excluding tert-OH is 3. The summed E-state index contributed by atoms with van der Waals surface area (Å²) in [5.74, 6) is -3.26. The van der Waals surface area contributed by atoms with Crippen molar-refractivity contribution in [2.75, 3.05) is 43.3 Å². The van der Waals surface area contributed by atoms with E-state index in [1.54, 1.807) is 13.8 Å². The lowest BCUT2D eigenvalue weighted by molar-refractivity contribution is -0.147. The lowest BCUT2D eigenvalue weighted by Crippen LogP contribution is -2.56. The number of nitrogens with zero attached hydrogens (tertiary/aromatic N) is 9. The van der Waals surface area contributed by atoms with Gasteiger partial charge in [-0.25, -0.2) is 28.1 Å². The molecule has 4 rings (SSSR count). The molecule has 0 radical (unpaired) electrons. The normalized spacial score (nSPS) is 13.0. The molecule has 55 heavy (non-hydrogen) atoms.